The number of benzene rings is 2. The molecule has 1 nitrogen and oxygen atoms in total. The molecule has 35 heavy (non-hydrogen) atoms. The fraction of sp³-hybridized carbons (Fsp3) is 0.545. The van der Waals surface area contributed by atoms with Crippen LogP contribution >= 0.6 is 0 Å². The number of fused-ring (bicyclic) bond motifs is 1. The molecule has 0 bridgehead atoms. The molecule has 0 spiro atoms. The van der Waals surface area contributed by atoms with Crippen LogP contribution in [0.4, 0.5) is 0 Å². The van der Waals surface area contributed by atoms with Crippen molar-refractivity contribution in [3.63, 3.8) is 0 Å². The lowest BCUT2D eigenvalue weighted by Gasteiger charge is -2.40. The van der Waals surface area contributed by atoms with Crippen molar-refractivity contribution in [1.29, 1.82) is 0 Å². The molecule has 0 amide bonds. The molecule has 0 saturated carbocycles. The van der Waals surface area contributed by atoms with E-state index in [-0.39, 0.29) is 10.8 Å². The summed E-state index contributed by atoms with van der Waals surface area (Å²) >= 11 is 0. The highest BCUT2D eigenvalue weighted by Crippen LogP contribution is 2.41. The molecule has 0 atom stereocenters. The van der Waals surface area contributed by atoms with E-state index in [9.17, 15) is 0 Å². The van der Waals surface area contributed by atoms with Crippen LogP contribution in [-0.2, 0) is 17.9 Å². The quantitative estimate of drug-likeness (QED) is 0.253. The van der Waals surface area contributed by atoms with Crippen LogP contribution in [0.15, 0.2) is 42.6 Å². The summed E-state index contributed by atoms with van der Waals surface area (Å²) in [4.78, 5) is 0. The van der Waals surface area contributed by atoms with Crippen LogP contribution in [0.3, 0.4) is 0 Å². The number of aryl methyl sites for hydroxylation is 1. The van der Waals surface area contributed by atoms with Crippen molar-refractivity contribution in [3.05, 3.63) is 59.3 Å². The highest BCUT2D eigenvalue weighted by atomic mass is 28.3. The van der Waals surface area contributed by atoms with Crippen LogP contribution in [0.1, 0.15) is 84.9 Å². The van der Waals surface area contributed by atoms with Crippen molar-refractivity contribution in [2.45, 2.75) is 105 Å². The third-order valence-corrected chi connectivity index (χ3v) is 13.3. The summed E-state index contributed by atoms with van der Waals surface area (Å²) in [6.45, 7) is 23.9. The minimum atomic E-state index is -1.41. The smallest absolute Gasteiger partial charge is 0.200 e. The van der Waals surface area contributed by atoms with Gasteiger partial charge in [-0.05, 0) is 57.4 Å². The number of hydrogen-bond donors (Lipinski definition) is 0. The van der Waals surface area contributed by atoms with Gasteiger partial charge in [0.15, 0.2) is 6.20 Å². The molecule has 2 heterocycles. The van der Waals surface area contributed by atoms with E-state index >= 15 is 0 Å². The number of aromatic nitrogens is 1. The van der Waals surface area contributed by atoms with E-state index in [1.165, 1.54) is 63.7 Å². The molecule has 1 aliphatic rings. The molecular formula is C33H48NSi+. The van der Waals surface area contributed by atoms with Gasteiger partial charge in [-0.2, -0.15) is 0 Å². The lowest BCUT2D eigenvalue weighted by atomic mass is 9.76. The zero-order valence-electron chi connectivity index (χ0n) is 24.3. The molecule has 3 aromatic rings. The average molecular weight is 487 g/mol. The van der Waals surface area contributed by atoms with Crippen molar-refractivity contribution in [1.82, 2.24) is 0 Å². The van der Waals surface area contributed by atoms with Crippen LogP contribution in [-0.4, -0.2) is 8.07 Å². The van der Waals surface area contributed by atoms with Gasteiger partial charge >= 0.3 is 0 Å². The third-order valence-electron chi connectivity index (χ3n) is 8.88. The van der Waals surface area contributed by atoms with Gasteiger partial charge < -0.3 is 0 Å². The third kappa shape index (κ3) is 5.01. The second kappa shape index (κ2) is 8.58. The zero-order valence-corrected chi connectivity index (χ0v) is 25.3. The lowest BCUT2D eigenvalue weighted by Crippen LogP contribution is -2.48. The Bertz CT molecular complexity index is 1260. The van der Waals surface area contributed by atoms with Gasteiger partial charge in [0.1, 0.15) is 7.05 Å². The van der Waals surface area contributed by atoms with Gasteiger partial charge in [-0.15, -0.1) is 0 Å². The summed E-state index contributed by atoms with van der Waals surface area (Å²) in [5, 5.41) is 4.42. The van der Waals surface area contributed by atoms with Crippen molar-refractivity contribution in [2.24, 2.45) is 12.5 Å². The van der Waals surface area contributed by atoms with Gasteiger partial charge in [0.05, 0.1) is 19.0 Å². The monoisotopic (exact) mass is 486 g/mol. The van der Waals surface area contributed by atoms with E-state index in [0.29, 0.717) is 5.41 Å². The lowest BCUT2D eigenvalue weighted by molar-refractivity contribution is -0.659. The predicted molar refractivity (Wildman–Crippen MR) is 157 cm³/mol. The number of pyridine rings is 1. The zero-order chi connectivity index (χ0) is 26.0. The largest absolute Gasteiger partial charge is 0.220 e. The minimum Gasteiger partial charge on any atom is -0.200 e. The first kappa shape index (κ1) is 26.1. The Hall–Kier alpha value is -1.93. The van der Waals surface area contributed by atoms with E-state index in [4.69, 9.17) is 0 Å². The molecule has 1 fully saturated rings. The highest BCUT2D eigenvalue weighted by molar-refractivity contribution is 6.91. The molecule has 0 N–H and O–H groups in total. The van der Waals surface area contributed by atoms with Gasteiger partial charge in [-0.1, -0.05) is 110 Å². The predicted octanol–water partition coefficient (Wildman–Crippen LogP) is 8.34. The second-order valence-corrected chi connectivity index (χ2v) is 19.2. The molecule has 0 unspecified atom stereocenters. The Morgan fingerprint density at radius 2 is 1.49 bits per heavy atom. The van der Waals surface area contributed by atoms with E-state index in [0.717, 1.165) is 0 Å². The summed E-state index contributed by atoms with van der Waals surface area (Å²) in [6, 6.07) is 17.6. The molecule has 2 aromatic carbocycles. The summed E-state index contributed by atoms with van der Waals surface area (Å²) in [7, 11) is 0.796. The van der Waals surface area contributed by atoms with Crippen LogP contribution in [0.25, 0.3) is 22.0 Å². The maximum Gasteiger partial charge on any atom is 0.220 e. The Morgan fingerprint density at radius 1 is 0.857 bits per heavy atom. The average Bonchev–Trinajstić information content (AvgIpc) is 2.74. The van der Waals surface area contributed by atoms with Gasteiger partial charge in [-0.3, -0.25) is 0 Å². The molecule has 1 aromatic heterocycles. The highest BCUT2D eigenvalue weighted by Gasteiger charge is 2.38. The molecular weight excluding hydrogens is 438 g/mol. The van der Waals surface area contributed by atoms with Crippen LogP contribution in [0.5, 0.6) is 0 Å². The van der Waals surface area contributed by atoms with Crippen LogP contribution < -0.4 is 9.75 Å². The molecule has 1 saturated heterocycles. The topological polar surface area (TPSA) is 3.88 Å². The van der Waals surface area contributed by atoms with Gasteiger partial charge in [-0.25, -0.2) is 4.57 Å². The number of nitrogens with zero attached hydrogens (tertiary/aromatic N) is 1. The van der Waals surface area contributed by atoms with Crippen molar-refractivity contribution in [3.8, 4) is 11.3 Å². The van der Waals surface area contributed by atoms with Gasteiger partial charge in [0, 0.05) is 6.07 Å². The first-order valence-electron chi connectivity index (χ1n) is 13.6. The minimum absolute atomic E-state index is 0.103. The van der Waals surface area contributed by atoms with E-state index in [2.05, 4.69) is 123 Å². The van der Waals surface area contributed by atoms with E-state index < -0.39 is 8.07 Å². The van der Waals surface area contributed by atoms with E-state index in [1.807, 2.05) is 0 Å². The Labute approximate surface area is 216 Å². The molecule has 2 heteroatoms. The standard InChI is InChI=1S/C33H48NSi/c1-23-28(21-25(31(2,3)4)22-29(23)32(5,6)7)30-27-13-12-26(20-24(27)14-17-34(30)10)35(11)18-15-33(8,9)16-19-35/h12-14,17,20-22H,15-16,18-19H2,1-11H3/q+1. The molecule has 1 aliphatic heterocycles. The summed E-state index contributed by atoms with van der Waals surface area (Å²) in [6.07, 6.45) is 5.02. The maximum absolute atomic E-state index is 2.62. The first-order chi connectivity index (χ1) is 16.0. The van der Waals surface area contributed by atoms with Crippen molar-refractivity contribution in [2.75, 3.05) is 0 Å². The SMILES string of the molecule is Cc1c(-c2c3ccc([Si]4(C)CCC(C)(C)CC4)cc3cc[n+]2C)cc(C(C)(C)C)cc1C(C)(C)C. The molecule has 188 valence electrons. The summed E-state index contributed by atoms with van der Waals surface area (Å²) < 4.78 is 2.34. The number of rotatable bonds is 2. The molecule has 0 radical (unpaired) electrons. The summed E-state index contributed by atoms with van der Waals surface area (Å²) in [5.74, 6) is 0. The van der Waals surface area contributed by atoms with Crippen molar-refractivity contribution >= 4 is 24.0 Å². The normalized spacial score (nSPS) is 18.1. The fourth-order valence-electron chi connectivity index (χ4n) is 6.02. The second-order valence-electron chi connectivity index (χ2n) is 14.5. The Kier molecular flexibility index (Phi) is 6.41. The van der Waals surface area contributed by atoms with Gasteiger partial charge in [0.25, 0.3) is 0 Å². The summed E-state index contributed by atoms with van der Waals surface area (Å²) in [5.41, 5.74) is 7.74. The molecule has 0 aliphatic carbocycles. The Balaban J connectivity index is 1.92. The van der Waals surface area contributed by atoms with Crippen LogP contribution in [0, 0.1) is 12.3 Å². The first-order valence-corrected chi connectivity index (χ1v) is 16.5. The number of hydrogen-bond acceptors (Lipinski definition) is 0. The van der Waals surface area contributed by atoms with E-state index in [1.54, 1.807) is 5.19 Å². The van der Waals surface area contributed by atoms with Crippen molar-refractivity contribution < 1.29 is 4.57 Å². The maximum atomic E-state index is 2.62. The molecule has 4 rings (SSSR count). The van der Waals surface area contributed by atoms with Crippen LogP contribution in [0.2, 0.25) is 18.6 Å². The fourth-order valence-corrected chi connectivity index (χ4v) is 10.3. The van der Waals surface area contributed by atoms with Gasteiger partial charge in [0.2, 0.25) is 5.69 Å². The Morgan fingerprint density at radius 3 is 2.06 bits per heavy atom.